The molecule has 2 aromatic carbocycles. The maximum absolute atomic E-state index is 12.7. The Hall–Kier alpha value is -3.66. The second-order valence-electron chi connectivity index (χ2n) is 7.28. The van der Waals surface area contributed by atoms with Crippen LogP contribution in [-0.4, -0.2) is 37.5 Å². The Morgan fingerprint density at radius 3 is 2.09 bits per heavy atom. The van der Waals surface area contributed by atoms with Gasteiger partial charge in [-0.2, -0.15) is 0 Å². The van der Waals surface area contributed by atoms with Crippen molar-refractivity contribution in [1.82, 2.24) is 9.97 Å². The van der Waals surface area contributed by atoms with E-state index in [1.165, 1.54) is 24.3 Å². The van der Waals surface area contributed by atoms with Crippen LogP contribution in [0.15, 0.2) is 59.5 Å². The summed E-state index contributed by atoms with van der Waals surface area (Å²) in [5.41, 5.74) is 1.75. The molecule has 0 unspecified atom stereocenters. The Labute approximate surface area is 193 Å². The zero-order chi connectivity index (χ0) is 24.0. The molecular formula is C23H26N4O5S. The Morgan fingerprint density at radius 2 is 1.55 bits per heavy atom. The molecule has 1 atom stereocenters. The van der Waals surface area contributed by atoms with E-state index in [9.17, 15) is 13.2 Å². The van der Waals surface area contributed by atoms with Gasteiger partial charge in [0.2, 0.25) is 5.95 Å². The van der Waals surface area contributed by atoms with E-state index in [1.807, 2.05) is 6.92 Å². The zero-order valence-electron chi connectivity index (χ0n) is 18.8. The number of aromatic nitrogens is 2. The van der Waals surface area contributed by atoms with Gasteiger partial charge in [0.1, 0.15) is 11.5 Å². The topological polar surface area (TPSA) is 120 Å². The van der Waals surface area contributed by atoms with Gasteiger partial charge >= 0.3 is 0 Å². The predicted molar refractivity (Wildman–Crippen MR) is 125 cm³/mol. The summed E-state index contributed by atoms with van der Waals surface area (Å²) in [5.74, 6) is 0.893. The van der Waals surface area contributed by atoms with Gasteiger partial charge in [0, 0.05) is 17.1 Å². The fourth-order valence-corrected chi connectivity index (χ4v) is 3.98. The highest BCUT2D eigenvalue weighted by molar-refractivity contribution is 7.92. The number of rotatable bonds is 9. The highest BCUT2D eigenvalue weighted by atomic mass is 32.2. The minimum Gasteiger partial charge on any atom is -0.497 e. The number of carbonyl (C=O) groups excluding carboxylic acids is 1. The van der Waals surface area contributed by atoms with Crippen LogP contribution >= 0.6 is 0 Å². The van der Waals surface area contributed by atoms with Crippen molar-refractivity contribution in [2.24, 2.45) is 0 Å². The molecule has 10 heteroatoms. The fraction of sp³-hybridized carbons (Fsp3) is 0.261. The molecule has 1 heterocycles. The first-order valence-electron chi connectivity index (χ1n) is 10.3. The maximum atomic E-state index is 12.7. The molecular weight excluding hydrogens is 444 g/mol. The van der Waals surface area contributed by atoms with Gasteiger partial charge in [-0.3, -0.25) is 4.79 Å². The summed E-state index contributed by atoms with van der Waals surface area (Å²) in [6.45, 7) is 5.35. The van der Waals surface area contributed by atoms with Crippen molar-refractivity contribution in [3.8, 4) is 11.5 Å². The highest BCUT2D eigenvalue weighted by Crippen LogP contribution is 2.21. The number of carbonyl (C=O) groups is 1. The van der Waals surface area contributed by atoms with Crippen molar-refractivity contribution < 1.29 is 22.7 Å². The summed E-state index contributed by atoms with van der Waals surface area (Å²) in [6, 6.07) is 14.5. The van der Waals surface area contributed by atoms with Crippen LogP contribution in [0.1, 0.15) is 24.7 Å². The van der Waals surface area contributed by atoms with Crippen LogP contribution in [-0.2, 0) is 14.8 Å². The van der Waals surface area contributed by atoms with Gasteiger partial charge < -0.3 is 14.8 Å². The first kappa shape index (κ1) is 24.0. The molecule has 3 rings (SSSR count). The van der Waals surface area contributed by atoms with Crippen LogP contribution in [0.3, 0.4) is 0 Å². The quantitative estimate of drug-likeness (QED) is 0.489. The number of hydrogen-bond donors (Lipinski definition) is 2. The van der Waals surface area contributed by atoms with Crippen molar-refractivity contribution >= 4 is 27.6 Å². The van der Waals surface area contributed by atoms with E-state index in [0.29, 0.717) is 35.0 Å². The fourth-order valence-electron chi connectivity index (χ4n) is 3.03. The molecule has 33 heavy (non-hydrogen) atoms. The predicted octanol–water partition coefficient (Wildman–Crippen LogP) is 3.70. The van der Waals surface area contributed by atoms with Gasteiger partial charge in [0.05, 0.1) is 12.0 Å². The average Bonchev–Trinajstić information content (AvgIpc) is 2.77. The number of methoxy groups -OCH3 is 1. The normalized spacial score (nSPS) is 12.0. The van der Waals surface area contributed by atoms with Crippen molar-refractivity contribution in [1.29, 1.82) is 0 Å². The summed E-state index contributed by atoms with van der Waals surface area (Å²) in [7, 11) is -2.31. The van der Waals surface area contributed by atoms with Crippen LogP contribution < -0.4 is 19.5 Å². The molecule has 0 saturated carbocycles. The van der Waals surface area contributed by atoms with Crippen LogP contribution in [0, 0.1) is 13.8 Å². The average molecular weight is 471 g/mol. The van der Waals surface area contributed by atoms with E-state index in [2.05, 4.69) is 20.0 Å². The lowest BCUT2D eigenvalue weighted by Crippen LogP contribution is -2.32. The molecule has 0 radical (unpaired) electrons. The molecule has 0 aliphatic rings. The third-order valence-electron chi connectivity index (χ3n) is 4.64. The third-order valence-corrected chi connectivity index (χ3v) is 5.99. The second kappa shape index (κ2) is 10.3. The minimum absolute atomic E-state index is 0.00588. The Morgan fingerprint density at radius 1 is 0.970 bits per heavy atom. The number of nitrogens with zero attached hydrogens (tertiary/aromatic N) is 2. The van der Waals surface area contributed by atoms with Crippen LogP contribution in [0.25, 0.3) is 0 Å². The molecule has 0 saturated heterocycles. The monoisotopic (exact) mass is 470 g/mol. The highest BCUT2D eigenvalue weighted by Gasteiger charge is 2.20. The molecule has 1 aromatic heterocycles. The van der Waals surface area contributed by atoms with Crippen LogP contribution in [0.4, 0.5) is 11.6 Å². The van der Waals surface area contributed by atoms with Gasteiger partial charge in [0.25, 0.3) is 15.9 Å². The lowest BCUT2D eigenvalue weighted by atomic mass is 10.2. The Bertz CT molecular complexity index is 1190. The number of benzene rings is 2. The molecule has 0 fully saturated rings. The summed E-state index contributed by atoms with van der Waals surface area (Å²) in [5, 5.41) is 2.75. The lowest BCUT2D eigenvalue weighted by Gasteiger charge is -2.17. The van der Waals surface area contributed by atoms with Gasteiger partial charge in [-0.1, -0.05) is 6.92 Å². The molecule has 3 aromatic rings. The molecule has 1 amide bonds. The largest absolute Gasteiger partial charge is 0.497 e. The summed E-state index contributed by atoms with van der Waals surface area (Å²) in [4.78, 5) is 20.9. The summed E-state index contributed by atoms with van der Waals surface area (Å²) < 4.78 is 38.6. The molecule has 0 aliphatic heterocycles. The molecule has 2 N–H and O–H groups in total. The number of sulfonamides is 1. The Kier molecular flexibility index (Phi) is 7.49. The van der Waals surface area contributed by atoms with Crippen LogP contribution in [0.5, 0.6) is 11.5 Å². The molecule has 0 bridgehead atoms. The third kappa shape index (κ3) is 6.42. The summed E-state index contributed by atoms with van der Waals surface area (Å²) >= 11 is 0. The zero-order valence-corrected chi connectivity index (χ0v) is 19.6. The number of hydrogen-bond acceptors (Lipinski definition) is 7. The van der Waals surface area contributed by atoms with Gasteiger partial charge in [-0.25, -0.2) is 23.1 Å². The van der Waals surface area contributed by atoms with E-state index >= 15 is 0 Å². The number of nitrogens with one attached hydrogen (secondary N) is 2. The maximum Gasteiger partial charge on any atom is 0.265 e. The van der Waals surface area contributed by atoms with Crippen LogP contribution in [0.2, 0.25) is 0 Å². The van der Waals surface area contributed by atoms with Crippen molar-refractivity contribution in [3.63, 3.8) is 0 Å². The van der Waals surface area contributed by atoms with Crippen molar-refractivity contribution in [2.45, 2.75) is 38.2 Å². The first-order chi connectivity index (χ1) is 15.7. The van der Waals surface area contributed by atoms with Gasteiger partial charge in [-0.05, 0) is 74.9 Å². The van der Waals surface area contributed by atoms with E-state index < -0.39 is 16.1 Å². The van der Waals surface area contributed by atoms with E-state index in [1.54, 1.807) is 51.3 Å². The first-order valence-corrected chi connectivity index (χ1v) is 11.7. The minimum atomic E-state index is -3.88. The number of anilines is 2. The Balaban J connectivity index is 1.66. The summed E-state index contributed by atoms with van der Waals surface area (Å²) in [6.07, 6.45) is -0.269. The number of aryl methyl sites for hydroxylation is 2. The van der Waals surface area contributed by atoms with Gasteiger partial charge in [-0.15, -0.1) is 0 Å². The lowest BCUT2D eigenvalue weighted by molar-refractivity contribution is -0.122. The number of amides is 1. The second-order valence-corrected chi connectivity index (χ2v) is 8.97. The van der Waals surface area contributed by atoms with E-state index in [-0.39, 0.29) is 16.8 Å². The number of ether oxygens (including phenoxy) is 2. The van der Waals surface area contributed by atoms with E-state index in [4.69, 9.17) is 9.47 Å². The van der Waals surface area contributed by atoms with E-state index in [0.717, 1.165) is 0 Å². The molecule has 0 spiro atoms. The standard InChI is InChI=1S/C23H26N4O5S/c1-5-21(32-19-10-8-18(31-4)9-11-19)22(28)26-17-6-12-20(13-7-17)33(29,30)27-23-24-15(2)14-16(3)25-23/h6-14,21H,5H2,1-4H3,(H,26,28)(H,24,25,27)/t21-/m1/s1. The van der Waals surface area contributed by atoms with Gasteiger partial charge in [0.15, 0.2) is 6.10 Å². The molecule has 0 aliphatic carbocycles. The SMILES string of the molecule is CC[C@@H](Oc1ccc(OC)cc1)C(=O)Nc1ccc(S(=O)(=O)Nc2nc(C)cc(C)n2)cc1. The van der Waals surface area contributed by atoms with Crippen molar-refractivity contribution in [2.75, 3.05) is 17.1 Å². The van der Waals surface area contributed by atoms with Crippen molar-refractivity contribution in [3.05, 3.63) is 66.0 Å². The molecule has 9 nitrogen and oxygen atoms in total. The molecule has 174 valence electrons. The smallest absolute Gasteiger partial charge is 0.265 e.